The monoisotopic (exact) mass is 1270 g/mol. The summed E-state index contributed by atoms with van der Waals surface area (Å²) in [6.07, 6.45) is 5.34. The second kappa shape index (κ2) is 41.0. The van der Waals surface area contributed by atoms with Crippen molar-refractivity contribution >= 4 is 54.9 Å². The van der Waals surface area contributed by atoms with E-state index in [4.69, 9.17) is 28.0 Å². The third kappa shape index (κ3) is 29.3. The quantitative estimate of drug-likeness (QED) is 0.00901. The maximum atomic E-state index is 15.0. The molecule has 0 aliphatic carbocycles. The molecule has 0 saturated carbocycles. The molecule has 0 bridgehead atoms. The lowest BCUT2D eigenvalue weighted by molar-refractivity contribution is -0.152. The number of amides is 2. The third-order valence-corrected chi connectivity index (χ3v) is 16.8. The number of pyridine rings is 1. The summed E-state index contributed by atoms with van der Waals surface area (Å²) in [7, 11) is -4.24. The summed E-state index contributed by atoms with van der Waals surface area (Å²) >= 11 is 0. The van der Waals surface area contributed by atoms with Crippen LogP contribution in [-0.2, 0) is 99.2 Å². The lowest BCUT2D eigenvalue weighted by Crippen LogP contribution is -2.42. The van der Waals surface area contributed by atoms with Crippen molar-refractivity contribution in [3.05, 3.63) is 209 Å². The van der Waals surface area contributed by atoms with E-state index in [1.165, 1.54) is 12.3 Å². The van der Waals surface area contributed by atoms with Gasteiger partial charge in [0, 0.05) is 56.8 Å². The van der Waals surface area contributed by atoms with E-state index in [2.05, 4.69) is 15.6 Å². The van der Waals surface area contributed by atoms with Gasteiger partial charge in [-0.05, 0) is 91.3 Å². The zero-order chi connectivity index (χ0) is 64.7. The predicted octanol–water partition coefficient (Wildman–Crippen LogP) is 12.8. The minimum absolute atomic E-state index is 0.0188. The Hall–Kier alpha value is -8.51. The fourth-order valence-corrected chi connectivity index (χ4v) is 11.5. The van der Waals surface area contributed by atoms with Gasteiger partial charge in [0.2, 0.25) is 17.8 Å². The largest absolute Gasteiger partial charge is 0.461 e. The first-order valence-corrected chi connectivity index (χ1v) is 32.9. The van der Waals surface area contributed by atoms with E-state index in [0.29, 0.717) is 73.7 Å². The Morgan fingerprint density at radius 2 is 0.934 bits per heavy atom. The van der Waals surface area contributed by atoms with Gasteiger partial charge in [-0.3, -0.25) is 38.1 Å². The molecule has 0 aliphatic rings. The van der Waals surface area contributed by atoms with E-state index < -0.39 is 67.4 Å². The number of ketones is 2. The number of nitrogens with one attached hydrogen (secondary N) is 2. The van der Waals surface area contributed by atoms with Gasteiger partial charge in [-0.2, -0.15) is 4.39 Å². The van der Waals surface area contributed by atoms with Gasteiger partial charge in [-0.1, -0.05) is 171 Å². The minimum Gasteiger partial charge on any atom is -0.461 e. The maximum Gasteiger partial charge on any atom is 0.331 e. The highest BCUT2D eigenvalue weighted by atomic mass is 31.2. The summed E-state index contributed by atoms with van der Waals surface area (Å²) in [5.41, 5.74) is 3.96. The number of hydrogen-bond donors (Lipinski definition) is 2. The van der Waals surface area contributed by atoms with Crippen LogP contribution in [0.5, 0.6) is 0 Å². The van der Waals surface area contributed by atoms with E-state index in [1.54, 1.807) is 97.1 Å². The Balaban J connectivity index is 1.03. The van der Waals surface area contributed by atoms with Crippen molar-refractivity contribution in [1.82, 2.24) is 15.6 Å². The molecule has 1 heterocycles. The molecular weight excluding hydrogens is 1180 g/mol. The van der Waals surface area contributed by atoms with Crippen molar-refractivity contribution in [3.8, 4) is 0 Å². The smallest absolute Gasteiger partial charge is 0.331 e. The van der Waals surface area contributed by atoms with Crippen LogP contribution in [0, 0.1) is 17.8 Å². The molecule has 0 saturated heterocycles. The fourth-order valence-electron chi connectivity index (χ4n) is 9.61. The average Bonchev–Trinajstić information content (AvgIpc) is 3.77. The van der Waals surface area contributed by atoms with Crippen molar-refractivity contribution in [2.45, 2.75) is 148 Å². The zero-order valence-electron chi connectivity index (χ0n) is 51.5. The molecule has 2 amide bonds. The first kappa shape index (κ1) is 71.6. The van der Waals surface area contributed by atoms with Crippen LogP contribution in [0.25, 0.3) is 0 Å². The molecule has 20 heteroatoms. The highest BCUT2D eigenvalue weighted by Gasteiger charge is 2.35. The topological polar surface area (TPSA) is 246 Å². The Bertz CT molecular complexity index is 3220. The molecule has 2 N–H and O–H groups in total. The molecule has 6 aromatic rings. The molecule has 4 atom stereocenters. The van der Waals surface area contributed by atoms with Crippen molar-refractivity contribution in [2.24, 2.45) is 11.8 Å². The molecule has 18 nitrogen and oxygen atoms in total. The number of ether oxygens (including phenoxy) is 4. The van der Waals surface area contributed by atoms with Crippen molar-refractivity contribution in [2.75, 3.05) is 19.3 Å². The number of Topliss-reactive ketones (excluding diaryl/α,β-unsaturated/α-hetero) is 2. The number of esters is 4. The summed E-state index contributed by atoms with van der Waals surface area (Å²) in [6, 6.07) is 46.3. The van der Waals surface area contributed by atoms with E-state index in [1.807, 2.05) is 54.6 Å². The summed E-state index contributed by atoms with van der Waals surface area (Å²) < 4.78 is 62.8. The van der Waals surface area contributed by atoms with Crippen LogP contribution < -0.4 is 10.6 Å². The number of carbonyl (C=O) groups excluding carboxylic acids is 8. The average molecular weight is 1270 g/mol. The number of rotatable bonds is 44. The highest BCUT2D eigenvalue weighted by Crippen LogP contribution is 2.51. The molecule has 1 aromatic heterocycles. The number of unbranched alkanes of at least 4 members (excludes halogenated alkanes) is 5. The lowest BCUT2D eigenvalue weighted by Gasteiger charge is -2.24. The van der Waals surface area contributed by atoms with Crippen molar-refractivity contribution in [1.29, 1.82) is 0 Å². The van der Waals surface area contributed by atoms with Crippen LogP contribution in [0.15, 0.2) is 170 Å². The van der Waals surface area contributed by atoms with Crippen LogP contribution >= 0.6 is 7.60 Å². The molecule has 484 valence electrons. The molecule has 1 unspecified atom stereocenters. The molecule has 0 radical (unpaired) electrons. The summed E-state index contributed by atoms with van der Waals surface area (Å²) in [5.74, 6) is -6.51. The molecule has 0 spiro atoms. The second-order valence-electron chi connectivity index (χ2n) is 22.2. The molecule has 6 rings (SSSR count). The van der Waals surface area contributed by atoms with E-state index in [9.17, 15) is 47.3 Å². The Labute approximate surface area is 532 Å². The number of benzene rings is 5. The highest BCUT2D eigenvalue weighted by molar-refractivity contribution is 7.53. The summed E-state index contributed by atoms with van der Waals surface area (Å²) in [4.78, 5) is 110. The molecule has 0 fully saturated rings. The number of nitrogens with zero attached hydrogens (tertiary/aromatic N) is 1. The standard InChI is InChI=1S/C71H83FN3O15P/c72-65-41-38-60(47-74-65)64(77)36-20-1-2-21-37-66(78)73-44-22-8-19-34-62(76)46-59(69(81)86-49-55-26-11-4-12-27-55)39-42-67(79)75-63(71(83)88-51-57-30-15-6-16-31-57)35-23-45-89-91(84,90-52-58-32-17-7-18-33-58)53-61(70(82)87-50-56-28-13-5-14-29-56)40-43-68(80)85-48-54-24-9-3-10-25-54/h3-7,9-18,24-33,38,41,47,59,61,63H,1-2,8,19-23,34-37,39-40,42-46,48-53H2,(H,73,78)(H,75,79)/t59-,61-,63+,91?/m1/s1. The Kier molecular flexibility index (Phi) is 32.2. The van der Waals surface area contributed by atoms with Gasteiger partial charge >= 0.3 is 31.5 Å². The van der Waals surface area contributed by atoms with Crippen LogP contribution in [0.2, 0.25) is 0 Å². The van der Waals surface area contributed by atoms with Gasteiger partial charge in [-0.15, -0.1) is 0 Å². The third-order valence-electron chi connectivity index (χ3n) is 14.8. The molecule has 5 aromatic carbocycles. The van der Waals surface area contributed by atoms with Crippen LogP contribution in [0.3, 0.4) is 0 Å². The summed E-state index contributed by atoms with van der Waals surface area (Å²) in [5, 5.41) is 5.66. The van der Waals surface area contributed by atoms with Crippen molar-refractivity contribution < 1.29 is 75.3 Å². The van der Waals surface area contributed by atoms with E-state index in [0.717, 1.165) is 30.0 Å². The SMILES string of the molecule is O=C(CCCCCNC(=O)CCCCCCC(=O)c1ccc(F)nc1)C[C@@H](CCC(=O)N[C@@H](CCCOP(=O)(C[C@@H](CCC(=O)OCc1ccccc1)C(=O)OCc1ccccc1)OCc1ccccc1)C(=O)OCc1ccccc1)C(=O)OCc1ccccc1. The number of aromatic nitrogens is 1. The van der Waals surface area contributed by atoms with Crippen molar-refractivity contribution in [3.63, 3.8) is 0 Å². The molecule has 91 heavy (non-hydrogen) atoms. The Morgan fingerprint density at radius 1 is 0.451 bits per heavy atom. The number of hydrogen-bond acceptors (Lipinski definition) is 16. The van der Waals surface area contributed by atoms with E-state index >= 15 is 0 Å². The molecular formula is C71H83FN3O15P. The minimum atomic E-state index is -4.24. The predicted molar refractivity (Wildman–Crippen MR) is 339 cm³/mol. The summed E-state index contributed by atoms with van der Waals surface area (Å²) in [6.45, 7) is -0.211. The van der Waals surface area contributed by atoms with Crippen LogP contribution in [-0.4, -0.2) is 77.6 Å². The first-order chi connectivity index (χ1) is 44.2. The molecule has 0 aliphatic heterocycles. The first-order valence-electron chi connectivity index (χ1n) is 31.2. The number of carbonyl (C=O) groups is 8. The van der Waals surface area contributed by atoms with Gasteiger partial charge in [0.1, 0.15) is 38.3 Å². The van der Waals surface area contributed by atoms with Crippen LogP contribution in [0.1, 0.15) is 147 Å². The van der Waals surface area contributed by atoms with Gasteiger partial charge in [0.25, 0.3) is 0 Å². The van der Waals surface area contributed by atoms with E-state index in [-0.39, 0.29) is 108 Å². The Morgan fingerprint density at radius 3 is 1.48 bits per heavy atom. The van der Waals surface area contributed by atoms with Crippen LogP contribution in [0.4, 0.5) is 4.39 Å². The van der Waals surface area contributed by atoms with Gasteiger partial charge in [0.05, 0.1) is 31.2 Å². The lowest BCUT2D eigenvalue weighted by atomic mass is 9.94. The van der Waals surface area contributed by atoms with Gasteiger partial charge in [0.15, 0.2) is 5.78 Å². The number of halogens is 1. The van der Waals surface area contributed by atoms with Gasteiger partial charge in [-0.25, -0.2) is 9.78 Å². The second-order valence-corrected chi connectivity index (χ2v) is 24.3. The maximum absolute atomic E-state index is 15.0. The zero-order valence-corrected chi connectivity index (χ0v) is 52.4. The fraction of sp³-hybridized carbons (Fsp3) is 0.394. The van der Waals surface area contributed by atoms with Gasteiger partial charge < -0.3 is 38.6 Å². The normalized spacial score (nSPS) is 12.7.